The fourth-order valence-electron chi connectivity index (χ4n) is 5.19. The van der Waals surface area contributed by atoms with Crippen LogP contribution in [0.25, 0.3) is 22.6 Å². The minimum Gasteiger partial charge on any atom is -0.436 e. The minimum atomic E-state index is -0.0596. The monoisotopic (exact) mass is 509 g/mol. The Morgan fingerprint density at radius 3 is 2.50 bits per heavy atom. The van der Waals surface area contributed by atoms with Crippen LogP contribution in [-0.4, -0.2) is 41.3 Å². The van der Waals surface area contributed by atoms with Crippen LogP contribution in [0.3, 0.4) is 0 Å². The van der Waals surface area contributed by atoms with E-state index in [1.165, 1.54) is 11.1 Å². The van der Waals surface area contributed by atoms with Crippen LogP contribution in [0.15, 0.2) is 77.2 Å². The van der Waals surface area contributed by atoms with E-state index in [0.29, 0.717) is 42.2 Å². The molecule has 1 aromatic heterocycles. The van der Waals surface area contributed by atoms with E-state index in [1.807, 2.05) is 79.4 Å². The first-order chi connectivity index (χ1) is 18.5. The molecule has 6 heteroatoms. The standard InChI is InChI=1S/C32H35N3O3/c1-22-10-12-26(13-11-22)31-34-28-21-27(14-15-29(28)38-31)32(37)35-19-16-25(17-20-35)23(2)30(36)33-18-6-9-24-7-4-3-5-8-24/h3-5,7-8,10-15,21,23,25H,6,9,16-20H2,1-2H3,(H,33,36)/t23-/m1/s1. The predicted molar refractivity (Wildman–Crippen MR) is 150 cm³/mol. The molecule has 1 atom stereocenters. The number of aryl methyl sites for hydroxylation is 2. The van der Waals surface area contributed by atoms with E-state index in [9.17, 15) is 9.59 Å². The third kappa shape index (κ3) is 5.96. The maximum Gasteiger partial charge on any atom is 0.253 e. The summed E-state index contributed by atoms with van der Waals surface area (Å²) in [6.07, 6.45) is 3.55. The number of benzene rings is 3. The molecule has 1 N–H and O–H groups in total. The Hall–Kier alpha value is -3.93. The summed E-state index contributed by atoms with van der Waals surface area (Å²) in [5.74, 6) is 0.892. The van der Waals surface area contributed by atoms with Crippen LogP contribution in [-0.2, 0) is 11.2 Å². The highest BCUT2D eigenvalue weighted by Gasteiger charge is 2.30. The topological polar surface area (TPSA) is 75.4 Å². The number of nitrogens with zero attached hydrogens (tertiary/aromatic N) is 2. The lowest BCUT2D eigenvalue weighted by molar-refractivity contribution is -0.126. The van der Waals surface area contributed by atoms with Crippen LogP contribution < -0.4 is 5.32 Å². The Morgan fingerprint density at radius 1 is 1.03 bits per heavy atom. The number of hydrogen-bond donors (Lipinski definition) is 1. The van der Waals surface area contributed by atoms with E-state index in [0.717, 1.165) is 31.2 Å². The second-order valence-corrected chi connectivity index (χ2v) is 10.4. The van der Waals surface area contributed by atoms with Gasteiger partial charge in [-0.3, -0.25) is 9.59 Å². The summed E-state index contributed by atoms with van der Waals surface area (Å²) < 4.78 is 5.92. The Labute approximate surface area is 224 Å². The highest BCUT2D eigenvalue weighted by Crippen LogP contribution is 2.28. The molecule has 1 saturated heterocycles. The van der Waals surface area contributed by atoms with E-state index in [2.05, 4.69) is 22.4 Å². The van der Waals surface area contributed by atoms with Gasteiger partial charge in [0, 0.05) is 36.7 Å². The second-order valence-electron chi connectivity index (χ2n) is 10.4. The summed E-state index contributed by atoms with van der Waals surface area (Å²) in [5.41, 5.74) is 5.34. The molecule has 0 spiro atoms. The Morgan fingerprint density at radius 2 is 1.76 bits per heavy atom. The van der Waals surface area contributed by atoms with E-state index >= 15 is 0 Å². The SMILES string of the molecule is Cc1ccc(-c2nc3cc(C(=O)N4CCC([C@@H](C)C(=O)NCCCc5ccccc5)CC4)ccc3o2)cc1. The molecule has 4 aromatic rings. The molecule has 1 aliphatic heterocycles. The van der Waals surface area contributed by atoms with Gasteiger partial charge in [-0.2, -0.15) is 0 Å². The normalized spacial score (nSPS) is 14.9. The molecule has 1 fully saturated rings. The Balaban J connectivity index is 1.12. The quantitative estimate of drug-likeness (QED) is 0.294. The van der Waals surface area contributed by atoms with Gasteiger partial charge in [-0.05, 0) is 74.4 Å². The van der Waals surface area contributed by atoms with Crippen molar-refractivity contribution < 1.29 is 14.0 Å². The lowest BCUT2D eigenvalue weighted by Crippen LogP contribution is -2.42. The van der Waals surface area contributed by atoms with Crippen molar-refractivity contribution in [2.45, 2.75) is 39.5 Å². The fourth-order valence-corrected chi connectivity index (χ4v) is 5.19. The summed E-state index contributed by atoms with van der Waals surface area (Å²) in [4.78, 5) is 32.5. The average Bonchev–Trinajstić information content (AvgIpc) is 3.39. The first-order valence-electron chi connectivity index (χ1n) is 13.6. The molecule has 0 bridgehead atoms. The molecule has 1 aliphatic rings. The lowest BCUT2D eigenvalue weighted by Gasteiger charge is -2.34. The number of rotatable bonds is 8. The van der Waals surface area contributed by atoms with Crippen LogP contribution in [0.5, 0.6) is 0 Å². The number of carbonyl (C=O) groups excluding carboxylic acids is 2. The molecule has 5 rings (SSSR count). The van der Waals surface area contributed by atoms with Gasteiger partial charge in [0.05, 0.1) is 0 Å². The largest absolute Gasteiger partial charge is 0.436 e. The highest BCUT2D eigenvalue weighted by atomic mass is 16.3. The second kappa shape index (κ2) is 11.6. The van der Waals surface area contributed by atoms with E-state index < -0.39 is 0 Å². The van der Waals surface area contributed by atoms with Crippen molar-refractivity contribution in [3.8, 4) is 11.5 Å². The zero-order chi connectivity index (χ0) is 26.5. The van der Waals surface area contributed by atoms with Gasteiger partial charge in [0.15, 0.2) is 5.58 Å². The molecule has 0 unspecified atom stereocenters. The molecule has 6 nitrogen and oxygen atoms in total. The van der Waals surface area contributed by atoms with Gasteiger partial charge in [-0.25, -0.2) is 4.98 Å². The van der Waals surface area contributed by atoms with Crippen LogP contribution in [0, 0.1) is 18.8 Å². The lowest BCUT2D eigenvalue weighted by atomic mass is 9.84. The van der Waals surface area contributed by atoms with Gasteiger partial charge >= 0.3 is 0 Å². The molecule has 38 heavy (non-hydrogen) atoms. The Kier molecular flexibility index (Phi) is 7.87. The van der Waals surface area contributed by atoms with Gasteiger partial charge in [0.1, 0.15) is 5.52 Å². The average molecular weight is 510 g/mol. The van der Waals surface area contributed by atoms with Gasteiger partial charge in [-0.1, -0.05) is 55.0 Å². The highest BCUT2D eigenvalue weighted by molar-refractivity contribution is 5.97. The van der Waals surface area contributed by atoms with Crippen molar-refractivity contribution in [1.82, 2.24) is 15.2 Å². The molecule has 3 aromatic carbocycles. The maximum absolute atomic E-state index is 13.2. The number of piperidine rings is 1. The van der Waals surface area contributed by atoms with Gasteiger partial charge in [0.2, 0.25) is 11.8 Å². The van der Waals surface area contributed by atoms with Gasteiger partial charge in [-0.15, -0.1) is 0 Å². The van der Waals surface area contributed by atoms with Crippen LogP contribution >= 0.6 is 0 Å². The van der Waals surface area contributed by atoms with Crippen molar-refractivity contribution in [2.24, 2.45) is 11.8 Å². The summed E-state index contributed by atoms with van der Waals surface area (Å²) in [6.45, 7) is 6.05. The summed E-state index contributed by atoms with van der Waals surface area (Å²) >= 11 is 0. The zero-order valence-electron chi connectivity index (χ0n) is 22.2. The fraction of sp³-hybridized carbons (Fsp3) is 0.344. The molecule has 0 saturated carbocycles. The van der Waals surface area contributed by atoms with Crippen LogP contribution in [0.4, 0.5) is 0 Å². The number of carbonyl (C=O) groups is 2. The number of nitrogens with one attached hydrogen (secondary N) is 1. The van der Waals surface area contributed by atoms with Gasteiger partial charge in [0.25, 0.3) is 5.91 Å². The number of likely N-dealkylation sites (tertiary alicyclic amines) is 1. The third-order valence-corrected chi connectivity index (χ3v) is 7.66. The molecule has 2 heterocycles. The van der Waals surface area contributed by atoms with Crippen molar-refractivity contribution in [1.29, 1.82) is 0 Å². The number of fused-ring (bicyclic) bond motifs is 1. The summed E-state index contributed by atoms with van der Waals surface area (Å²) in [7, 11) is 0. The smallest absolute Gasteiger partial charge is 0.253 e. The molecule has 2 amide bonds. The molecular formula is C32H35N3O3. The first-order valence-corrected chi connectivity index (χ1v) is 13.6. The van der Waals surface area contributed by atoms with Gasteiger partial charge < -0.3 is 14.6 Å². The van der Waals surface area contributed by atoms with Crippen LogP contribution in [0.1, 0.15) is 47.7 Å². The van der Waals surface area contributed by atoms with Crippen molar-refractivity contribution in [3.05, 3.63) is 89.5 Å². The van der Waals surface area contributed by atoms with Crippen molar-refractivity contribution >= 4 is 22.9 Å². The molecule has 0 aliphatic carbocycles. The number of oxazole rings is 1. The predicted octanol–water partition coefficient (Wildman–Crippen LogP) is 6.04. The first kappa shape index (κ1) is 25.7. The molecular weight excluding hydrogens is 474 g/mol. The number of amides is 2. The van der Waals surface area contributed by atoms with Crippen molar-refractivity contribution in [2.75, 3.05) is 19.6 Å². The summed E-state index contributed by atoms with van der Waals surface area (Å²) in [6, 6.07) is 23.8. The van der Waals surface area contributed by atoms with Crippen molar-refractivity contribution in [3.63, 3.8) is 0 Å². The number of aromatic nitrogens is 1. The van der Waals surface area contributed by atoms with E-state index in [-0.39, 0.29) is 23.7 Å². The zero-order valence-corrected chi connectivity index (χ0v) is 22.2. The summed E-state index contributed by atoms with van der Waals surface area (Å²) in [5, 5.41) is 3.11. The number of hydrogen-bond acceptors (Lipinski definition) is 4. The van der Waals surface area contributed by atoms with E-state index in [4.69, 9.17) is 4.42 Å². The Bertz CT molecular complexity index is 1390. The minimum absolute atomic E-state index is 0.00301. The third-order valence-electron chi connectivity index (χ3n) is 7.66. The molecule has 0 radical (unpaired) electrons. The van der Waals surface area contributed by atoms with E-state index in [1.54, 1.807) is 0 Å². The molecule has 196 valence electrons. The van der Waals surface area contributed by atoms with Crippen LogP contribution in [0.2, 0.25) is 0 Å². The maximum atomic E-state index is 13.2.